The fourth-order valence-corrected chi connectivity index (χ4v) is 7.55. The van der Waals surface area contributed by atoms with Gasteiger partial charge >= 0.3 is 0 Å². The van der Waals surface area contributed by atoms with Crippen molar-refractivity contribution >= 4 is 43.5 Å². The molecule has 0 saturated carbocycles. The normalized spacial score (nSPS) is 17.4. The van der Waals surface area contributed by atoms with Crippen LogP contribution in [0.15, 0.2) is 88.2 Å². The molecule has 9 nitrogen and oxygen atoms in total. The van der Waals surface area contributed by atoms with Gasteiger partial charge < -0.3 is 15.1 Å². The van der Waals surface area contributed by atoms with Gasteiger partial charge in [-0.15, -0.1) is 0 Å². The van der Waals surface area contributed by atoms with Crippen LogP contribution in [-0.2, 0) is 21.4 Å². The molecule has 13 heteroatoms. The van der Waals surface area contributed by atoms with Crippen molar-refractivity contribution in [3.05, 3.63) is 101 Å². The maximum atomic E-state index is 13.4. The molecule has 0 unspecified atom stereocenters. The molecule has 0 radical (unpaired) electrons. The van der Waals surface area contributed by atoms with E-state index in [1.165, 1.54) is 28.6 Å². The van der Waals surface area contributed by atoms with E-state index < -0.39 is 27.8 Å². The number of rotatable bonds is 8. The molecule has 234 valence electrons. The number of amides is 1. The van der Waals surface area contributed by atoms with Gasteiger partial charge in [0, 0.05) is 48.4 Å². The third-order valence-electron chi connectivity index (χ3n) is 8.03. The molecule has 2 saturated heterocycles. The second-order valence-corrected chi connectivity index (χ2v) is 13.8. The minimum absolute atomic E-state index is 0.0530. The fourth-order valence-electron chi connectivity index (χ4n) is 5.63. The van der Waals surface area contributed by atoms with E-state index >= 15 is 0 Å². The first-order chi connectivity index (χ1) is 21.7. The van der Waals surface area contributed by atoms with Gasteiger partial charge in [-0.1, -0.05) is 28.1 Å². The van der Waals surface area contributed by atoms with Gasteiger partial charge in [0.25, 0.3) is 0 Å². The lowest BCUT2D eigenvalue weighted by Crippen LogP contribution is -2.47. The first-order valence-electron chi connectivity index (χ1n) is 14.6. The molecule has 2 aliphatic rings. The Kier molecular flexibility index (Phi) is 9.11. The van der Waals surface area contributed by atoms with Crippen molar-refractivity contribution in [2.75, 3.05) is 42.5 Å². The van der Waals surface area contributed by atoms with E-state index in [4.69, 9.17) is 9.97 Å². The van der Waals surface area contributed by atoms with E-state index in [0.29, 0.717) is 56.4 Å². The maximum absolute atomic E-state index is 13.4. The van der Waals surface area contributed by atoms with Gasteiger partial charge in [0.2, 0.25) is 21.9 Å². The Bertz CT molecular complexity index is 1770. The van der Waals surface area contributed by atoms with Gasteiger partial charge in [-0.05, 0) is 79.6 Å². The quantitative estimate of drug-likeness (QED) is 0.278. The number of halogens is 3. The minimum atomic E-state index is -3.98. The van der Waals surface area contributed by atoms with E-state index in [1.54, 1.807) is 12.1 Å². The van der Waals surface area contributed by atoms with Crippen molar-refractivity contribution in [1.82, 2.24) is 19.6 Å². The molecule has 2 fully saturated rings. The molecule has 1 amide bonds. The zero-order valence-electron chi connectivity index (χ0n) is 24.2. The lowest BCUT2D eigenvalue weighted by atomic mass is 10.1. The molecule has 6 rings (SSSR count). The van der Waals surface area contributed by atoms with Crippen LogP contribution in [0.1, 0.15) is 18.5 Å². The van der Waals surface area contributed by atoms with Crippen LogP contribution in [0.3, 0.4) is 0 Å². The average molecular weight is 698 g/mol. The Morgan fingerprint density at radius 2 is 1.47 bits per heavy atom. The molecule has 0 spiro atoms. The summed E-state index contributed by atoms with van der Waals surface area (Å²) < 4.78 is 55.5. The molecular formula is C32H31BrF2N6O3S. The second kappa shape index (κ2) is 13.2. The summed E-state index contributed by atoms with van der Waals surface area (Å²) in [7, 11) is -3.98. The Morgan fingerprint density at radius 1 is 0.844 bits per heavy atom. The van der Waals surface area contributed by atoms with Crippen molar-refractivity contribution in [1.29, 1.82) is 0 Å². The first kappa shape index (κ1) is 31.1. The summed E-state index contributed by atoms with van der Waals surface area (Å²) in [5, 5.41) is 2.89. The summed E-state index contributed by atoms with van der Waals surface area (Å²) in [4.78, 5) is 27.2. The summed E-state index contributed by atoms with van der Waals surface area (Å²) in [6, 6.07) is 19.7. The molecule has 3 aromatic carbocycles. The molecule has 2 aliphatic heterocycles. The van der Waals surface area contributed by atoms with Gasteiger partial charge in [-0.2, -0.15) is 4.31 Å². The van der Waals surface area contributed by atoms with Crippen molar-refractivity contribution < 1.29 is 22.0 Å². The predicted octanol–water partition coefficient (Wildman–Crippen LogP) is 4.98. The maximum Gasteiger partial charge on any atom is 0.243 e. The summed E-state index contributed by atoms with van der Waals surface area (Å²) >= 11 is 3.47. The Balaban J connectivity index is 1.19. The van der Waals surface area contributed by atoms with Gasteiger partial charge in [0.05, 0.1) is 22.8 Å². The molecule has 4 aromatic rings. The molecule has 1 N–H and O–H groups in total. The smallest absolute Gasteiger partial charge is 0.243 e. The van der Waals surface area contributed by atoms with Crippen LogP contribution >= 0.6 is 15.9 Å². The number of benzene rings is 3. The number of nitrogens with zero attached hydrogens (tertiary/aromatic N) is 5. The van der Waals surface area contributed by atoms with Crippen LogP contribution in [0.2, 0.25) is 0 Å². The van der Waals surface area contributed by atoms with Crippen LogP contribution in [-0.4, -0.2) is 67.4 Å². The Hall–Kier alpha value is -3.94. The summed E-state index contributed by atoms with van der Waals surface area (Å²) in [6.45, 7) is 2.96. The van der Waals surface area contributed by atoms with Crippen molar-refractivity contribution in [3.63, 3.8) is 0 Å². The fraction of sp³-hybridized carbons (Fsp3) is 0.281. The standard InChI is InChI=1S/C32H31BrF2N6O3S/c33-23-5-3-22(4-6-23)29-20-26(37-32(38-29)40-18-16-39(17-19-40)27-11-7-24(34)8-12-27)21-36-31(42)30-2-1-15-41(30)45(43,44)28-13-9-25(35)10-14-28/h3-14,20,30H,1-2,15-19,21H2,(H,36,42)/t30-/m0/s1. The Labute approximate surface area is 269 Å². The number of hydrogen-bond donors (Lipinski definition) is 1. The van der Waals surface area contributed by atoms with Crippen LogP contribution in [0.4, 0.5) is 20.4 Å². The van der Waals surface area contributed by atoms with Crippen molar-refractivity contribution in [2.45, 2.75) is 30.3 Å². The van der Waals surface area contributed by atoms with Gasteiger partial charge in [0.15, 0.2) is 0 Å². The van der Waals surface area contributed by atoms with Crippen LogP contribution in [0.25, 0.3) is 11.3 Å². The summed E-state index contributed by atoms with van der Waals surface area (Å²) in [6.07, 6.45) is 0.914. The van der Waals surface area contributed by atoms with E-state index in [2.05, 4.69) is 31.0 Å². The van der Waals surface area contributed by atoms with Crippen molar-refractivity contribution in [2.24, 2.45) is 0 Å². The summed E-state index contributed by atoms with van der Waals surface area (Å²) in [5.41, 5.74) is 3.11. The minimum Gasteiger partial charge on any atom is -0.368 e. The third-order valence-corrected chi connectivity index (χ3v) is 10.5. The lowest BCUT2D eigenvalue weighted by Gasteiger charge is -2.36. The van der Waals surface area contributed by atoms with Crippen LogP contribution in [0, 0.1) is 11.6 Å². The SMILES string of the molecule is O=C(NCc1cc(-c2ccc(Br)cc2)nc(N2CCN(c3ccc(F)cc3)CC2)n1)[C@@H]1CCCN1S(=O)(=O)c1ccc(F)cc1. The van der Waals surface area contributed by atoms with Gasteiger partial charge in [-0.25, -0.2) is 27.2 Å². The van der Waals surface area contributed by atoms with E-state index in [0.717, 1.165) is 27.9 Å². The van der Waals surface area contributed by atoms with Gasteiger partial charge in [0.1, 0.15) is 17.7 Å². The molecule has 0 aliphatic carbocycles. The molecular weight excluding hydrogens is 666 g/mol. The van der Waals surface area contributed by atoms with E-state index in [1.807, 2.05) is 30.3 Å². The zero-order chi connectivity index (χ0) is 31.6. The number of carbonyl (C=O) groups excluding carboxylic acids is 1. The highest BCUT2D eigenvalue weighted by Gasteiger charge is 2.39. The number of aromatic nitrogens is 2. The molecule has 3 heterocycles. The highest BCUT2D eigenvalue weighted by molar-refractivity contribution is 9.10. The highest BCUT2D eigenvalue weighted by atomic mass is 79.9. The molecule has 45 heavy (non-hydrogen) atoms. The Morgan fingerprint density at radius 3 is 2.13 bits per heavy atom. The second-order valence-electron chi connectivity index (χ2n) is 10.9. The monoisotopic (exact) mass is 696 g/mol. The van der Waals surface area contributed by atoms with Crippen LogP contribution < -0.4 is 15.1 Å². The third kappa shape index (κ3) is 7.00. The van der Waals surface area contributed by atoms with E-state index in [-0.39, 0.29) is 23.8 Å². The van der Waals surface area contributed by atoms with Crippen molar-refractivity contribution in [3.8, 4) is 11.3 Å². The highest BCUT2D eigenvalue weighted by Crippen LogP contribution is 2.28. The van der Waals surface area contributed by atoms with E-state index in [9.17, 15) is 22.0 Å². The predicted molar refractivity (Wildman–Crippen MR) is 171 cm³/mol. The summed E-state index contributed by atoms with van der Waals surface area (Å²) in [5.74, 6) is -0.701. The van der Waals surface area contributed by atoms with Crippen LogP contribution in [0.5, 0.6) is 0 Å². The topological polar surface area (TPSA) is 98.7 Å². The number of nitrogens with one attached hydrogen (secondary N) is 1. The van der Waals surface area contributed by atoms with Gasteiger partial charge in [-0.3, -0.25) is 4.79 Å². The number of piperazine rings is 1. The number of carbonyl (C=O) groups is 1. The number of anilines is 2. The lowest BCUT2D eigenvalue weighted by molar-refractivity contribution is -0.124. The first-order valence-corrected chi connectivity index (χ1v) is 16.9. The number of hydrogen-bond acceptors (Lipinski definition) is 7. The molecule has 0 bridgehead atoms. The average Bonchev–Trinajstić information content (AvgIpc) is 3.56. The molecule has 1 atom stereocenters. The largest absolute Gasteiger partial charge is 0.368 e. The number of sulfonamides is 1. The zero-order valence-corrected chi connectivity index (χ0v) is 26.6. The molecule has 1 aromatic heterocycles.